The Morgan fingerprint density at radius 3 is 2.39 bits per heavy atom. The summed E-state index contributed by atoms with van der Waals surface area (Å²) in [6.07, 6.45) is 0.797. The van der Waals surface area contributed by atoms with Crippen molar-refractivity contribution in [3.8, 4) is 0 Å². The summed E-state index contributed by atoms with van der Waals surface area (Å²) >= 11 is 3.28. The standard InChI is InChI=1S/C21H27BrN2O3S/c1-2-24(17-18-7-4-3-5-8-18)15-6-14-23-21(25)13-16-28(26,27)20-11-9-19(22)10-12-20/h3-5,7-12H,2,6,13-17H2,1H3,(H,23,25). The Balaban J connectivity index is 1.68. The number of sulfone groups is 1. The molecule has 152 valence electrons. The number of halogens is 1. The highest BCUT2D eigenvalue weighted by Crippen LogP contribution is 2.16. The van der Waals surface area contributed by atoms with Gasteiger partial charge in [0.25, 0.3) is 0 Å². The Morgan fingerprint density at radius 2 is 1.75 bits per heavy atom. The molecule has 0 saturated heterocycles. The van der Waals surface area contributed by atoms with Crippen LogP contribution in [-0.4, -0.2) is 44.6 Å². The summed E-state index contributed by atoms with van der Waals surface area (Å²) in [5.74, 6) is -0.415. The van der Waals surface area contributed by atoms with Crippen molar-refractivity contribution < 1.29 is 13.2 Å². The molecule has 2 rings (SSSR count). The molecule has 0 fully saturated rings. The molecule has 0 heterocycles. The third-order valence-corrected chi connectivity index (χ3v) is 6.70. The molecule has 0 atom stereocenters. The maximum Gasteiger partial charge on any atom is 0.221 e. The molecule has 2 aromatic rings. The van der Waals surface area contributed by atoms with Crippen LogP contribution in [-0.2, 0) is 21.2 Å². The fraction of sp³-hybridized carbons (Fsp3) is 0.381. The second kappa shape index (κ2) is 11.3. The number of benzene rings is 2. The van der Waals surface area contributed by atoms with E-state index in [-0.39, 0.29) is 23.0 Å². The molecule has 0 unspecified atom stereocenters. The highest BCUT2D eigenvalue weighted by Gasteiger charge is 2.16. The minimum atomic E-state index is -3.44. The zero-order chi connectivity index (χ0) is 20.4. The van der Waals surface area contributed by atoms with Crippen LogP contribution in [0.1, 0.15) is 25.3 Å². The fourth-order valence-electron chi connectivity index (χ4n) is 2.80. The number of carbonyl (C=O) groups excluding carboxylic acids is 1. The molecule has 5 nitrogen and oxygen atoms in total. The number of nitrogens with zero attached hydrogens (tertiary/aromatic N) is 1. The van der Waals surface area contributed by atoms with E-state index in [1.54, 1.807) is 24.3 Å². The Labute approximate surface area is 176 Å². The van der Waals surface area contributed by atoms with Gasteiger partial charge in [-0.15, -0.1) is 0 Å². The zero-order valence-electron chi connectivity index (χ0n) is 16.1. The van der Waals surface area contributed by atoms with E-state index in [4.69, 9.17) is 0 Å². The number of hydrogen-bond acceptors (Lipinski definition) is 4. The van der Waals surface area contributed by atoms with Crippen LogP contribution >= 0.6 is 15.9 Å². The highest BCUT2D eigenvalue weighted by molar-refractivity contribution is 9.10. The van der Waals surface area contributed by atoms with Gasteiger partial charge in [0.1, 0.15) is 0 Å². The van der Waals surface area contributed by atoms with Crippen LogP contribution in [0.5, 0.6) is 0 Å². The fourth-order valence-corrected chi connectivity index (χ4v) is 4.30. The first kappa shape index (κ1) is 22.6. The first-order valence-electron chi connectivity index (χ1n) is 9.42. The molecular formula is C21H27BrN2O3S. The molecule has 0 aliphatic rings. The van der Waals surface area contributed by atoms with Gasteiger partial charge in [0.15, 0.2) is 9.84 Å². The van der Waals surface area contributed by atoms with E-state index in [2.05, 4.69) is 45.2 Å². The molecule has 1 amide bonds. The number of carbonyl (C=O) groups is 1. The summed E-state index contributed by atoms with van der Waals surface area (Å²) in [6.45, 7) is 5.37. The SMILES string of the molecule is CCN(CCCNC(=O)CCS(=O)(=O)c1ccc(Br)cc1)Cc1ccccc1. The lowest BCUT2D eigenvalue weighted by Gasteiger charge is -2.20. The van der Waals surface area contributed by atoms with E-state index in [0.717, 1.165) is 30.5 Å². The van der Waals surface area contributed by atoms with Gasteiger partial charge in [-0.25, -0.2) is 8.42 Å². The maximum atomic E-state index is 12.3. The van der Waals surface area contributed by atoms with Gasteiger partial charge in [0.2, 0.25) is 5.91 Å². The van der Waals surface area contributed by atoms with Crippen LogP contribution in [0.2, 0.25) is 0 Å². The quantitative estimate of drug-likeness (QED) is 0.513. The van der Waals surface area contributed by atoms with Crippen molar-refractivity contribution in [1.29, 1.82) is 0 Å². The van der Waals surface area contributed by atoms with Crippen molar-refractivity contribution in [2.75, 3.05) is 25.4 Å². The minimum absolute atomic E-state index is 0.0279. The second-order valence-electron chi connectivity index (χ2n) is 6.58. The van der Waals surface area contributed by atoms with E-state index >= 15 is 0 Å². The summed E-state index contributed by atoms with van der Waals surface area (Å²) in [5, 5.41) is 2.82. The third-order valence-electron chi connectivity index (χ3n) is 4.44. The third kappa shape index (κ3) is 7.73. The van der Waals surface area contributed by atoms with E-state index in [0.29, 0.717) is 6.54 Å². The molecule has 7 heteroatoms. The molecule has 0 aliphatic heterocycles. The average molecular weight is 467 g/mol. The zero-order valence-corrected chi connectivity index (χ0v) is 18.5. The molecule has 0 radical (unpaired) electrons. The normalized spacial score (nSPS) is 11.5. The molecule has 0 aliphatic carbocycles. The average Bonchev–Trinajstić information content (AvgIpc) is 2.70. The lowest BCUT2D eigenvalue weighted by atomic mass is 10.2. The van der Waals surface area contributed by atoms with Gasteiger partial charge in [-0.05, 0) is 42.8 Å². The molecular weight excluding hydrogens is 440 g/mol. The van der Waals surface area contributed by atoms with Gasteiger partial charge in [-0.1, -0.05) is 53.2 Å². The monoisotopic (exact) mass is 466 g/mol. The van der Waals surface area contributed by atoms with Crippen LogP contribution < -0.4 is 5.32 Å². The van der Waals surface area contributed by atoms with Crippen molar-refractivity contribution in [3.63, 3.8) is 0 Å². The van der Waals surface area contributed by atoms with Crippen molar-refractivity contribution in [2.24, 2.45) is 0 Å². The summed E-state index contributed by atoms with van der Waals surface area (Å²) in [7, 11) is -3.44. The van der Waals surface area contributed by atoms with Gasteiger partial charge in [0.05, 0.1) is 10.6 Å². The number of hydrogen-bond donors (Lipinski definition) is 1. The largest absolute Gasteiger partial charge is 0.356 e. The van der Waals surface area contributed by atoms with Gasteiger partial charge < -0.3 is 5.32 Å². The Kier molecular flexibility index (Phi) is 9.15. The highest BCUT2D eigenvalue weighted by atomic mass is 79.9. The van der Waals surface area contributed by atoms with E-state index in [1.807, 2.05) is 18.2 Å². The van der Waals surface area contributed by atoms with Crippen LogP contribution in [0.15, 0.2) is 64.0 Å². The lowest BCUT2D eigenvalue weighted by Crippen LogP contribution is -2.30. The predicted molar refractivity (Wildman–Crippen MR) is 116 cm³/mol. The van der Waals surface area contributed by atoms with Gasteiger partial charge >= 0.3 is 0 Å². The van der Waals surface area contributed by atoms with Gasteiger partial charge in [0, 0.05) is 30.5 Å². The molecule has 1 N–H and O–H groups in total. The predicted octanol–water partition coefficient (Wildman–Crippen LogP) is 3.64. The molecule has 0 bridgehead atoms. The van der Waals surface area contributed by atoms with Gasteiger partial charge in [-0.3, -0.25) is 9.69 Å². The number of nitrogens with one attached hydrogen (secondary N) is 1. The number of amides is 1. The van der Waals surface area contributed by atoms with Crippen LogP contribution in [0.25, 0.3) is 0 Å². The minimum Gasteiger partial charge on any atom is -0.356 e. The number of rotatable bonds is 11. The maximum absolute atomic E-state index is 12.3. The van der Waals surface area contributed by atoms with Crippen LogP contribution in [0.4, 0.5) is 0 Å². The summed E-state index contributed by atoms with van der Waals surface area (Å²) in [4.78, 5) is 14.5. The smallest absolute Gasteiger partial charge is 0.221 e. The molecule has 28 heavy (non-hydrogen) atoms. The van der Waals surface area contributed by atoms with Gasteiger partial charge in [-0.2, -0.15) is 0 Å². The van der Waals surface area contributed by atoms with E-state index in [1.165, 1.54) is 5.56 Å². The van der Waals surface area contributed by atoms with Crippen LogP contribution in [0, 0.1) is 0 Å². The summed E-state index contributed by atoms with van der Waals surface area (Å²) in [6, 6.07) is 16.7. The van der Waals surface area contributed by atoms with E-state index < -0.39 is 9.84 Å². The summed E-state index contributed by atoms with van der Waals surface area (Å²) < 4.78 is 25.4. The van der Waals surface area contributed by atoms with Crippen molar-refractivity contribution in [1.82, 2.24) is 10.2 Å². The Morgan fingerprint density at radius 1 is 1.07 bits per heavy atom. The first-order chi connectivity index (χ1) is 13.4. The first-order valence-corrected chi connectivity index (χ1v) is 11.9. The second-order valence-corrected chi connectivity index (χ2v) is 9.61. The molecule has 2 aromatic carbocycles. The Hall–Kier alpha value is -1.70. The van der Waals surface area contributed by atoms with Crippen molar-refractivity contribution in [3.05, 3.63) is 64.6 Å². The summed E-state index contributed by atoms with van der Waals surface area (Å²) in [5.41, 5.74) is 1.27. The van der Waals surface area contributed by atoms with Crippen molar-refractivity contribution >= 4 is 31.7 Å². The Bertz CT molecular complexity index is 840. The molecule has 0 aromatic heterocycles. The van der Waals surface area contributed by atoms with Crippen molar-refractivity contribution in [2.45, 2.75) is 31.2 Å². The van der Waals surface area contributed by atoms with E-state index in [9.17, 15) is 13.2 Å². The molecule has 0 saturated carbocycles. The molecule has 0 spiro atoms. The van der Waals surface area contributed by atoms with Crippen LogP contribution in [0.3, 0.4) is 0 Å². The lowest BCUT2D eigenvalue weighted by molar-refractivity contribution is -0.120. The topological polar surface area (TPSA) is 66.5 Å².